The number of ether oxygens (including phenoxy) is 1. The highest BCUT2D eigenvalue weighted by Crippen LogP contribution is 2.32. The summed E-state index contributed by atoms with van der Waals surface area (Å²) in [6.07, 6.45) is -0.742. The van der Waals surface area contributed by atoms with Crippen molar-refractivity contribution in [1.82, 2.24) is 9.78 Å². The molecule has 0 unspecified atom stereocenters. The highest BCUT2D eigenvalue weighted by Gasteiger charge is 2.33. The van der Waals surface area contributed by atoms with Gasteiger partial charge in [0.15, 0.2) is 0 Å². The first-order valence-electron chi connectivity index (χ1n) is 9.85. The Balaban J connectivity index is 1.92. The van der Waals surface area contributed by atoms with Crippen LogP contribution in [-0.2, 0) is 34.6 Å². The number of amidine groups is 1. The van der Waals surface area contributed by atoms with Gasteiger partial charge in [-0.1, -0.05) is 6.92 Å². The van der Waals surface area contributed by atoms with Crippen molar-refractivity contribution < 1.29 is 31.4 Å². The second kappa shape index (κ2) is 9.36. The Kier molecular flexibility index (Phi) is 6.98. The first-order chi connectivity index (χ1) is 15.0. The van der Waals surface area contributed by atoms with Crippen LogP contribution in [0.1, 0.15) is 30.9 Å². The van der Waals surface area contributed by atoms with Crippen LogP contribution in [0.3, 0.4) is 0 Å². The fraction of sp³-hybridized carbons (Fsp3) is 0.474. The van der Waals surface area contributed by atoms with Crippen molar-refractivity contribution in [3.8, 4) is 0 Å². The van der Waals surface area contributed by atoms with Crippen LogP contribution in [0.25, 0.3) is 0 Å². The first-order valence-corrected chi connectivity index (χ1v) is 11.2. The van der Waals surface area contributed by atoms with Gasteiger partial charge in [-0.15, -0.1) is 4.40 Å². The number of hydrogen-bond acceptors (Lipinski definition) is 5. The smallest absolute Gasteiger partial charge is 0.416 e. The highest BCUT2D eigenvalue weighted by atomic mass is 32.2. The van der Waals surface area contributed by atoms with E-state index in [4.69, 9.17) is 4.74 Å². The Morgan fingerprint density at radius 1 is 1.34 bits per heavy atom. The average Bonchev–Trinajstić information content (AvgIpc) is 3.12. The van der Waals surface area contributed by atoms with E-state index in [-0.39, 0.29) is 11.4 Å². The summed E-state index contributed by atoms with van der Waals surface area (Å²) >= 11 is 0. The molecule has 9 nitrogen and oxygen atoms in total. The fourth-order valence-electron chi connectivity index (χ4n) is 3.40. The molecule has 0 aliphatic carbocycles. The van der Waals surface area contributed by atoms with Crippen LogP contribution in [0.15, 0.2) is 35.0 Å². The van der Waals surface area contributed by atoms with Gasteiger partial charge in [0.05, 0.1) is 29.5 Å². The lowest BCUT2D eigenvalue weighted by molar-refractivity contribution is -0.213. The zero-order chi connectivity index (χ0) is 23.5. The van der Waals surface area contributed by atoms with E-state index in [0.29, 0.717) is 38.0 Å². The van der Waals surface area contributed by atoms with Gasteiger partial charge >= 0.3 is 16.4 Å². The minimum absolute atomic E-state index is 0.195. The molecule has 1 aromatic carbocycles. The predicted molar refractivity (Wildman–Crippen MR) is 110 cm³/mol. The van der Waals surface area contributed by atoms with Crippen molar-refractivity contribution in [2.24, 2.45) is 11.4 Å². The van der Waals surface area contributed by atoms with Gasteiger partial charge in [0.1, 0.15) is 0 Å². The second-order valence-electron chi connectivity index (χ2n) is 7.28. The van der Waals surface area contributed by atoms with Crippen molar-refractivity contribution in [2.75, 3.05) is 22.8 Å². The maximum atomic E-state index is 13.1. The lowest BCUT2D eigenvalue weighted by Crippen LogP contribution is -2.44. The molecule has 0 radical (unpaired) electrons. The number of halogens is 3. The monoisotopic (exact) mass is 474 g/mol. The Hall–Kier alpha value is -2.80. The summed E-state index contributed by atoms with van der Waals surface area (Å²) in [5.74, 6) is 0. The van der Waals surface area contributed by atoms with Crippen LogP contribution < -0.4 is 14.7 Å². The van der Waals surface area contributed by atoms with E-state index in [0.717, 1.165) is 16.4 Å². The lowest BCUT2D eigenvalue weighted by Gasteiger charge is -2.33. The number of aromatic nitrogens is 2. The van der Waals surface area contributed by atoms with Crippen LogP contribution in [0.5, 0.6) is 0 Å². The normalized spacial score (nSPS) is 16.2. The number of hydrogen-bond donors (Lipinski definition) is 1. The molecule has 2 aromatic rings. The second-order valence-corrected chi connectivity index (χ2v) is 8.75. The Labute approximate surface area is 183 Å². The molecule has 0 spiro atoms. The molecular weight excluding hydrogens is 451 g/mol. The van der Waals surface area contributed by atoms with Crippen molar-refractivity contribution >= 4 is 27.6 Å². The zero-order valence-corrected chi connectivity index (χ0v) is 18.3. The predicted octanol–water partition coefficient (Wildman–Crippen LogP) is 2.06. The minimum atomic E-state index is -4.62. The third-order valence-corrected chi connectivity index (χ3v) is 6.30. The van der Waals surface area contributed by atoms with E-state index in [1.807, 2.05) is 0 Å². The third kappa shape index (κ3) is 5.71. The highest BCUT2D eigenvalue weighted by molar-refractivity contribution is 7.91. The van der Waals surface area contributed by atoms with Gasteiger partial charge in [-0.2, -0.15) is 26.7 Å². The molecule has 32 heavy (non-hydrogen) atoms. The molecule has 1 aliphatic heterocycles. The molecule has 1 fully saturated rings. The van der Waals surface area contributed by atoms with Gasteiger partial charge in [0, 0.05) is 32.1 Å². The Morgan fingerprint density at radius 3 is 2.59 bits per heavy atom. The molecule has 1 saturated heterocycles. The molecule has 176 valence electrons. The molecule has 0 atom stereocenters. The van der Waals surface area contributed by atoms with Gasteiger partial charge in [-0.05, 0) is 43.0 Å². The van der Waals surface area contributed by atoms with E-state index in [1.54, 1.807) is 14.0 Å². The van der Waals surface area contributed by atoms with Gasteiger partial charge in [0.2, 0.25) is 0 Å². The van der Waals surface area contributed by atoms with Crippen LogP contribution in [0.4, 0.5) is 24.5 Å². The SMILES string of the molecule is CCc1cc(N/C([O-])=N/S(=O)(=O)N(c2cnn(C)c2)C2CCOCC2)cc(C(F)(F)F)c1. The maximum Gasteiger partial charge on any atom is 0.416 e. The van der Waals surface area contributed by atoms with Crippen molar-refractivity contribution in [3.05, 3.63) is 41.7 Å². The third-order valence-electron chi connectivity index (χ3n) is 4.89. The lowest BCUT2D eigenvalue weighted by atomic mass is 10.1. The Bertz CT molecular complexity index is 1080. The van der Waals surface area contributed by atoms with Gasteiger partial charge in [0.25, 0.3) is 0 Å². The molecule has 0 amide bonds. The summed E-state index contributed by atoms with van der Waals surface area (Å²) in [5, 5.41) is 18.5. The molecule has 0 saturated carbocycles. The van der Waals surface area contributed by atoms with Gasteiger partial charge in [-0.3, -0.25) is 4.68 Å². The molecule has 13 heteroatoms. The standard InChI is InChI=1S/C19H24F3N5O4S/c1-3-13-8-14(19(20,21)22)10-15(9-13)24-18(28)25-32(29,30)27(16-4-6-31-7-5-16)17-11-23-26(2)12-17/h8-12,16H,3-7H2,1-2H3,(H2,24,25,28)/p-1. The molecule has 0 bridgehead atoms. The first kappa shape index (κ1) is 23.9. The summed E-state index contributed by atoms with van der Waals surface area (Å²) in [4.78, 5) is 0. The molecule has 1 aliphatic rings. The molecule has 1 N–H and O–H groups in total. The minimum Gasteiger partial charge on any atom is -0.845 e. The van der Waals surface area contributed by atoms with E-state index < -0.39 is 34.0 Å². The quantitative estimate of drug-likeness (QED) is 0.507. The van der Waals surface area contributed by atoms with Gasteiger partial charge < -0.3 is 15.2 Å². The van der Waals surface area contributed by atoms with Crippen LogP contribution >= 0.6 is 0 Å². The summed E-state index contributed by atoms with van der Waals surface area (Å²) in [7, 11) is -2.91. The maximum absolute atomic E-state index is 13.1. The number of nitrogens with zero attached hydrogens (tertiary/aromatic N) is 4. The number of anilines is 2. The van der Waals surface area contributed by atoms with E-state index in [1.165, 1.54) is 23.1 Å². The van der Waals surface area contributed by atoms with E-state index >= 15 is 0 Å². The number of nitrogens with one attached hydrogen (secondary N) is 1. The average molecular weight is 474 g/mol. The van der Waals surface area contributed by atoms with Crippen molar-refractivity contribution in [1.29, 1.82) is 0 Å². The molecular formula is C19H23F3N5O4S-. The van der Waals surface area contributed by atoms with E-state index in [9.17, 15) is 26.7 Å². The number of rotatable bonds is 6. The molecule has 2 heterocycles. The van der Waals surface area contributed by atoms with Crippen LogP contribution in [-0.4, -0.2) is 43.5 Å². The number of benzene rings is 1. The summed E-state index contributed by atoms with van der Waals surface area (Å²) in [6.45, 7) is 2.34. The number of alkyl halides is 3. The van der Waals surface area contributed by atoms with E-state index in [2.05, 4.69) is 14.8 Å². The zero-order valence-electron chi connectivity index (χ0n) is 17.5. The van der Waals surface area contributed by atoms with Gasteiger partial charge in [-0.25, -0.2) is 4.31 Å². The summed E-state index contributed by atoms with van der Waals surface area (Å²) in [6, 6.07) is 1.24. The topological polar surface area (TPSA) is 112 Å². The molecule has 3 rings (SSSR count). The number of aryl methyl sites for hydroxylation is 2. The molecule has 1 aromatic heterocycles. The fourth-order valence-corrected chi connectivity index (χ4v) is 4.69. The van der Waals surface area contributed by atoms with Crippen molar-refractivity contribution in [2.45, 2.75) is 38.4 Å². The Morgan fingerprint density at radius 2 is 2.03 bits per heavy atom. The van der Waals surface area contributed by atoms with Crippen LogP contribution in [0, 0.1) is 0 Å². The van der Waals surface area contributed by atoms with Crippen molar-refractivity contribution in [3.63, 3.8) is 0 Å². The van der Waals surface area contributed by atoms with Crippen LogP contribution in [0.2, 0.25) is 0 Å². The summed E-state index contributed by atoms with van der Waals surface area (Å²) in [5.41, 5.74) is -0.589. The largest absolute Gasteiger partial charge is 0.845 e. The summed E-state index contributed by atoms with van der Waals surface area (Å²) < 4.78 is 76.5.